The van der Waals surface area contributed by atoms with E-state index in [0.717, 1.165) is 5.46 Å². The smallest absolute Gasteiger partial charge is 0.494 e. The molecule has 1 saturated heterocycles. The van der Waals surface area contributed by atoms with Crippen LogP contribution in [0, 0.1) is 0 Å². The molecular formula is C18H28BF2NO3S. The Balaban J connectivity index is 2.17. The van der Waals surface area contributed by atoms with Crippen LogP contribution in [0.25, 0.3) is 0 Å². The first-order chi connectivity index (χ1) is 11.7. The Bertz CT molecular complexity index is 604. The molecule has 4 nitrogen and oxygen atoms in total. The van der Waals surface area contributed by atoms with Gasteiger partial charge < -0.3 is 13.9 Å². The molecule has 0 aliphatic carbocycles. The molecule has 1 aromatic rings. The summed E-state index contributed by atoms with van der Waals surface area (Å²) in [5.41, 5.74) is 0.204. The Hall–Kier alpha value is -0.665. The predicted octanol–water partition coefficient (Wildman–Crippen LogP) is 3.34. The van der Waals surface area contributed by atoms with Gasteiger partial charge in [-0.25, -0.2) is 8.78 Å². The molecule has 1 N–H and O–H groups in total. The summed E-state index contributed by atoms with van der Waals surface area (Å²) >= 11 is -1.60. The zero-order valence-electron chi connectivity index (χ0n) is 16.4. The van der Waals surface area contributed by atoms with Crippen molar-refractivity contribution in [3.05, 3.63) is 29.8 Å². The fourth-order valence-electron chi connectivity index (χ4n) is 2.40. The zero-order valence-corrected chi connectivity index (χ0v) is 17.2. The van der Waals surface area contributed by atoms with Crippen molar-refractivity contribution in [3.63, 3.8) is 0 Å². The summed E-state index contributed by atoms with van der Waals surface area (Å²) in [5.74, 6) is 0. The summed E-state index contributed by atoms with van der Waals surface area (Å²) in [6.45, 7) is 13.0. The van der Waals surface area contributed by atoms with E-state index in [1.807, 2.05) is 27.7 Å². The zero-order chi connectivity index (χ0) is 19.9. The molecule has 1 aliphatic heterocycles. The molecule has 1 aliphatic rings. The molecule has 2 atom stereocenters. The molecular weight excluding hydrogens is 359 g/mol. The number of nitrogens with one attached hydrogen (secondary N) is 1. The average Bonchev–Trinajstić information content (AvgIpc) is 2.71. The van der Waals surface area contributed by atoms with Gasteiger partial charge in [0, 0.05) is 11.4 Å². The van der Waals surface area contributed by atoms with Gasteiger partial charge in [0.2, 0.25) is 0 Å². The number of hydrogen-bond acceptors (Lipinski definition) is 4. The molecule has 8 heteroatoms. The van der Waals surface area contributed by atoms with Crippen LogP contribution in [0.1, 0.15) is 60.1 Å². The van der Waals surface area contributed by atoms with Crippen LogP contribution in [0.3, 0.4) is 0 Å². The predicted molar refractivity (Wildman–Crippen MR) is 102 cm³/mol. The van der Waals surface area contributed by atoms with Gasteiger partial charge >= 0.3 is 7.12 Å². The Morgan fingerprint density at radius 1 is 1.04 bits per heavy atom. The van der Waals surface area contributed by atoms with E-state index >= 15 is 0 Å². The summed E-state index contributed by atoms with van der Waals surface area (Å²) < 4.78 is 53.0. The van der Waals surface area contributed by atoms with Gasteiger partial charge in [0.05, 0.1) is 11.2 Å². The van der Waals surface area contributed by atoms with Gasteiger partial charge in [0.1, 0.15) is 10.8 Å². The molecule has 1 heterocycles. The van der Waals surface area contributed by atoms with E-state index in [-0.39, 0.29) is 0 Å². The quantitative estimate of drug-likeness (QED) is 0.622. The Morgan fingerprint density at radius 3 is 1.88 bits per heavy atom. The Labute approximate surface area is 158 Å². The molecule has 2 rings (SSSR count). The minimum Gasteiger partial charge on any atom is -0.598 e. The normalized spacial score (nSPS) is 21.9. The van der Waals surface area contributed by atoms with Gasteiger partial charge in [0.15, 0.2) is 0 Å². The highest BCUT2D eigenvalue weighted by Gasteiger charge is 2.51. The monoisotopic (exact) mass is 387 g/mol. The van der Waals surface area contributed by atoms with E-state index in [1.165, 1.54) is 0 Å². The van der Waals surface area contributed by atoms with Crippen molar-refractivity contribution in [3.8, 4) is 0 Å². The minimum atomic E-state index is -2.68. The standard InChI is InChI=1S/C18H28BF2NO3S/c1-16(2,3)26(23)22-14(15(20)21)12-8-10-13(11-9-12)19-24-17(4,5)18(6,7)25-19/h8-11,14-15,22H,1-7H3/t14?,26-/m1/s1. The third-order valence-electron chi connectivity index (χ3n) is 4.86. The van der Waals surface area contributed by atoms with Crippen LogP contribution in [-0.4, -0.2) is 34.0 Å². The van der Waals surface area contributed by atoms with Gasteiger partial charge in [-0.15, -0.1) is 4.72 Å². The van der Waals surface area contributed by atoms with Gasteiger partial charge in [0.25, 0.3) is 6.43 Å². The van der Waals surface area contributed by atoms with E-state index in [9.17, 15) is 13.3 Å². The number of benzene rings is 1. The Morgan fingerprint density at radius 2 is 1.50 bits per heavy atom. The first kappa shape index (κ1) is 21.6. The van der Waals surface area contributed by atoms with Crippen LogP contribution < -0.4 is 10.2 Å². The van der Waals surface area contributed by atoms with Crippen LogP contribution in [-0.2, 0) is 20.7 Å². The first-order valence-corrected chi connectivity index (χ1v) is 9.81. The fourth-order valence-corrected chi connectivity index (χ4v) is 3.22. The molecule has 0 spiro atoms. The molecule has 0 radical (unpaired) electrons. The molecule has 0 bridgehead atoms. The maximum absolute atomic E-state index is 13.5. The maximum atomic E-state index is 13.5. The second-order valence-corrected chi connectivity index (χ2v) is 10.6. The third-order valence-corrected chi connectivity index (χ3v) is 6.44. The van der Waals surface area contributed by atoms with Gasteiger partial charge in [-0.3, -0.25) is 0 Å². The molecule has 0 saturated carbocycles. The molecule has 146 valence electrons. The van der Waals surface area contributed by atoms with Crippen molar-refractivity contribution in [2.75, 3.05) is 0 Å². The lowest BCUT2D eigenvalue weighted by Crippen LogP contribution is -2.43. The summed E-state index contributed by atoms with van der Waals surface area (Å²) in [5, 5.41) is 0. The topological polar surface area (TPSA) is 53.5 Å². The summed E-state index contributed by atoms with van der Waals surface area (Å²) in [6.07, 6.45) is -2.68. The second-order valence-electron chi connectivity index (χ2n) is 8.57. The molecule has 1 fully saturated rings. The van der Waals surface area contributed by atoms with Crippen LogP contribution >= 0.6 is 0 Å². The third kappa shape index (κ3) is 4.59. The van der Waals surface area contributed by atoms with Gasteiger partial charge in [-0.05, 0) is 59.5 Å². The van der Waals surface area contributed by atoms with Crippen molar-refractivity contribution in [1.82, 2.24) is 4.72 Å². The van der Waals surface area contributed by atoms with Crippen molar-refractivity contribution in [2.24, 2.45) is 0 Å². The fraction of sp³-hybridized carbons (Fsp3) is 0.667. The van der Waals surface area contributed by atoms with E-state index in [1.54, 1.807) is 45.0 Å². The SMILES string of the molecule is CC(C)(C)[S@@+]([O-])NC(c1ccc(B2OC(C)(C)C(C)(C)O2)cc1)C(F)F. The van der Waals surface area contributed by atoms with Crippen molar-refractivity contribution < 1.29 is 22.6 Å². The number of hydrogen-bond donors (Lipinski definition) is 1. The first-order valence-electron chi connectivity index (χ1n) is 8.66. The number of rotatable bonds is 5. The lowest BCUT2D eigenvalue weighted by Gasteiger charge is -2.32. The minimum absolute atomic E-state index is 0.373. The lowest BCUT2D eigenvalue weighted by atomic mass is 9.78. The van der Waals surface area contributed by atoms with E-state index in [0.29, 0.717) is 5.56 Å². The number of alkyl halides is 2. The summed E-state index contributed by atoms with van der Waals surface area (Å²) in [4.78, 5) is 0. The molecule has 0 amide bonds. The summed E-state index contributed by atoms with van der Waals surface area (Å²) in [6, 6.07) is 5.33. The average molecular weight is 387 g/mol. The van der Waals surface area contributed by atoms with Gasteiger partial charge in [-0.2, -0.15) is 0 Å². The van der Waals surface area contributed by atoms with Crippen LogP contribution in [0.15, 0.2) is 24.3 Å². The molecule has 26 heavy (non-hydrogen) atoms. The largest absolute Gasteiger partial charge is 0.598 e. The van der Waals surface area contributed by atoms with E-state index < -0.39 is 46.9 Å². The second kappa shape index (κ2) is 7.39. The highest BCUT2D eigenvalue weighted by Crippen LogP contribution is 2.36. The van der Waals surface area contributed by atoms with Crippen molar-refractivity contribution >= 4 is 23.9 Å². The van der Waals surface area contributed by atoms with Crippen molar-refractivity contribution in [1.29, 1.82) is 0 Å². The van der Waals surface area contributed by atoms with Gasteiger partial charge in [-0.1, -0.05) is 24.3 Å². The highest BCUT2D eigenvalue weighted by molar-refractivity contribution is 7.90. The van der Waals surface area contributed by atoms with Crippen LogP contribution in [0.2, 0.25) is 0 Å². The lowest BCUT2D eigenvalue weighted by molar-refractivity contribution is 0.00578. The van der Waals surface area contributed by atoms with Crippen LogP contribution in [0.5, 0.6) is 0 Å². The van der Waals surface area contributed by atoms with Crippen molar-refractivity contribution in [2.45, 2.75) is 76.9 Å². The van der Waals surface area contributed by atoms with E-state index in [4.69, 9.17) is 9.31 Å². The highest BCUT2D eigenvalue weighted by atomic mass is 32.2. The Kier molecular flexibility index (Phi) is 6.15. The molecule has 0 aromatic heterocycles. The molecule has 1 aromatic carbocycles. The summed E-state index contributed by atoms with van der Waals surface area (Å²) in [7, 11) is -0.546. The van der Waals surface area contributed by atoms with E-state index in [2.05, 4.69) is 4.72 Å². The number of halogens is 2. The molecule has 1 unspecified atom stereocenters. The maximum Gasteiger partial charge on any atom is 0.494 e. The van der Waals surface area contributed by atoms with Crippen LogP contribution in [0.4, 0.5) is 8.78 Å².